The molecular weight excluding hydrogens is 298 g/mol. The van der Waals surface area contributed by atoms with Crippen LogP contribution in [0.15, 0.2) is 41.2 Å². The van der Waals surface area contributed by atoms with Gasteiger partial charge in [0, 0.05) is 0 Å². The van der Waals surface area contributed by atoms with Gasteiger partial charge in [-0.15, -0.1) is 0 Å². The van der Waals surface area contributed by atoms with Gasteiger partial charge in [-0.2, -0.15) is 0 Å². The molecule has 22 heavy (non-hydrogen) atoms. The van der Waals surface area contributed by atoms with Gasteiger partial charge in [-0.25, -0.2) is 0 Å². The van der Waals surface area contributed by atoms with Crippen LogP contribution in [0.5, 0.6) is 11.5 Å². The number of ether oxygens (including phenoxy) is 2. The smallest absolute Gasteiger partial charge is 0.305 e. The minimum absolute atomic E-state index is 0.0502. The van der Waals surface area contributed by atoms with Crippen molar-refractivity contribution in [2.24, 2.45) is 0 Å². The zero-order chi connectivity index (χ0) is 15.7. The lowest BCUT2D eigenvalue weighted by atomic mass is 10.0. The van der Waals surface area contributed by atoms with Crippen LogP contribution in [0.4, 0.5) is 0 Å². The van der Waals surface area contributed by atoms with Crippen LogP contribution in [-0.4, -0.2) is 18.2 Å². The number of thiazole rings is 1. The number of H-pyrrole nitrogens is 1. The second-order valence-corrected chi connectivity index (χ2v) is 6.24. The lowest BCUT2D eigenvalue weighted by Gasteiger charge is -2.17. The summed E-state index contributed by atoms with van der Waals surface area (Å²) in [6, 6.07) is 11.6. The first-order chi connectivity index (χ1) is 10.6. The van der Waals surface area contributed by atoms with Crippen molar-refractivity contribution in [1.82, 2.24) is 4.98 Å². The number of aromatic amines is 1. The fraction of sp³-hybridized carbons (Fsp3) is 0.235. The Hall–Kier alpha value is -2.27. The van der Waals surface area contributed by atoms with Crippen molar-refractivity contribution >= 4 is 21.6 Å². The van der Waals surface area contributed by atoms with E-state index >= 15 is 0 Å². The monoisotopic (exact) mass is 315 g/mol. The Bertz CT molecular complexity index is 864. The Morgan fingerprint density at radius 1 is 1.14 bits per heavy atom. The van der Waals surface area contributed by atoms with Crippen molar-refractivity contribution in [3.8, 4) is 22.6 Å². The predicted molar refractivity (Wildman–Crippen MR) is 90.2 cm³/mol. The van der Waals surface area contributed by atoms with Gasteiger partial charge in [0.2, 0.25) is 0 Å². The highest BCUT2D eigenvalue weighted by molar-refractivity contribution is 7.16. The molecule has 2 aromatic carbocycles. The van der Waals surface area contributed by atoms with Crippen LogP contribution >= 0.6 is 11.3 Å². The number of nitrogens with one attached hydrogen (secondary N) is 1. The zero-order valence-corrected chi connectivity index (χ0v) is 13.5. The number of benzene rings is 2. The topological polar surface area (TPSA) is 51.3 Å². The average molecular weight is 315 g/mol. The van der Waals surface area contributed by atoms with Gasteiger partial charge in [-0.05, 0) is 43.7 Å². The van der Waals surface area contributed by atoms with Crippen molar-refractivity contribution < 1.29 is 9.47 Å². The molecule has 5 heteroatoms. The van der Waals surface area contributed by atoms with E-state index in [9.17, 15) is 4.79 Å². The highest BCUT2D eigenvalue weighted by atomic mass is 32.1. The SMILES string of the molecule is COc1cccc(OC(C)C)c1-c1ccc2[nH]c(=O)sc2c1. The predicted octanol–water partition coefficient (Wildman–Crippen LogP) is 4.05. The first-order valence-corrected chi connectivity index (χ1v) is 7.87. The molecule has 3 aromatic rings. The van der Waals surface area contributed by atoms with Gasteiger partial charge < -0.3 is 14.5 Å². The Kier molecular flexibility index (Phi) is 3.90. The lowest BCUT2D eigenvalue weighted by Crippen LogP contribution is -2.07. The van der Waals surface area contributed by atoms with Crippen molar-refractivity contribution in [3.05, 3.63) is 46.1 Å². The van der Waals surface area contributed by atoms with Crippen LogP contribution in [0, 0.1) is 0 Å². The lowest BCUT2D eigenvalue weighted by molar-refractivity contribution is 0.242. The third kappa shape index (κ3) is 2.72. The van der Waals surface area contributed by atoms with Crippen molar-refractivity contribution in [2.45, 2.75) is 20.0 Å². The van der Waals surface area contributed by atoms with Crippen LogP contribution in [0.25, 0.3) is 21.3 Å². The van der Waals surface area contributed by atoms with Crippen molar-refractivity contribution in [1.29, 1.82) is 0 Å². The highest BCUT2D eigenvalue weighted by Crippen LogP contribution is 2.39. The number of hydrogen-bond donors (Lipinski definition) is 1. The maximum absolute atomic E-state index is 11.5. The third-order valence-corrected chi connectivity index (χ3v) is 4.13. The summed E-state index contributed by atoms with van der Waals surface area (Å²) in [7, 11) is 1.64. The molecule has 3 rings (SSSR count). The molecule has 0 aliphatic rings. The van der Waals surface area contributed by atoms with Gasteiger partial charge in [0.1, 0.15) is 11.5 Å². The standard InChI is InChI=1S/C17H17NO3S/c1-10(2)21-14-6-4-5-13(20-3)16(14)11-7-8-12-15(9-11)22-17(19)18-12/h4-10H,1-3H3,(H,18,19). The second-order valence-electron chi connectivity index (χ2n) is 5.23. The summed E-state index contributed by atoms with van der Waals surface area (Å²) in [5.41, 5.74) is 2.72. The van der Waals surface area contributed by atoms with Crippen LogP contribution in [0.3, 0.4) is 0 Å². The number of hydrogen-bond acceptors (Lipinski definition) is 4. The quantitative estimate of drug-likeness (QED) is 0.790. The molecule has 0 saturated carbocycles. The summed E-state index contributed by atoms with van der Waals surface area (Å²) in [6.07, 6.45) is 0.0675. The molecule has 0 aliphatic carbocycles. The largest absolute Gasteiger partial charge is 0.496 e. The number of fused-ring (bicyclic) bond motifs is 1. The Morgan fingerprint density at radius 3 is 2.64 bits per heavy atom. The summed E-state index contributed by atoms with van der Waals surface area (Å²) in [6.45, 7) is 3.98. The average Bonchev–Trinajstić information content (AvgIpc) is 2.85. The van der Waals surface area contributed by atoms with Gasteiger partial charge in [0.25, 0.3) is 0 Å². The molecule has 0 amide bonds. The van der Waals surface area contributed by atoms with E-state index in [1.54, 1.807) is 7.11 Å². The van der Waals surface area contributed by atoms with E-state index in [0.717, 1.165) is 32.8 Å². The third-order valence-electron chi connectivity index (χ3n) is 3.28. The molecule has 1 aromatic heterocycles. The van der Waals surface area contributed by atoms with Gasteiger partial charge in [-0.3, -0.25) is 4.79 Å². The van der Waals surface area contributed by atoms with E-state index in [0.29, 0.717) is 0 Å². The van der Waals surface area contributed by atoms with Gasteiger partial charge in [0.15, 0.2) is 0 Å². The van der Waals surface area contributed by atoms with Gasteiger partial charge in [0.05, 0.1) is 29.0 Å². The molecule has 1 heterocycles. The van der Waals surface area contributed by atoms with Crippen LogP contribution in [-0.2, 0) is 0 Å². The molecule has 0 radical (unpaired) electrons. The number of aromatic nitrogens is 1. The van der Waals surface area contributed by atoms with E-state index in [2.05, 4.69) is 4.98 Å². The maximum Gasteiger partial charge on any atom is 0.305 e. The van der Waals surface area contributed by atoms with Gasteiger partial charge in [-0.1, -0.05) is 23.5 Å². The molecular formula is C17H17NO3S. The Labute approximate surface area is 132 Å². The Balaban J connectivity index is 2.20. The van der Waals surface area contributed by atoms with E-state index in [-0.39, 0.29) is 11.0 Å². The summed E-state index contributed by atoms with van der Waals surface area (Å²) >= 11 is 1.20. The fourth-order valence-electron chi connectivity index (χ4n) is 2.42. The van der Waals surface area contributed by atoms with Crippen molar-refractivity contribution in [2.75, 3.05) is 7.11 Å². The molecule has 0 bridgehead atoms. The van der Waals surface area contributed by atoms with E-state index in [1.165, 1.54) is 11.3 Å². The van der Waals surface area contributed by atoms with E-state index < -0.39 is 0 Å². The van der Waals surface area contributed by atoms with Crippen LogP contribution in [0.2, 0.25) is 0 Å². The molecule has 0 atom stereocenters. The first kappa shape index (κ1) is 14.7. The normalized spacial score (nSPS) is 11.1. The second kappa shape index (κ2) is 5.85. The highest BCUT2D eigenvalue weighted by Gasteiger charge is 2.15. The molecule has 114 valence electrons. The maximum atomic E-state index is 11.5. The molecule has 4 nitrogen and oxygen atoms in total. The molecule has 0 spiro atoms. The van der Waals surface area contributed by atoms with Crippen molar-refractivity contribution in [3.63, 3.8) is 0 Å². The molecule has 1 N–H and O–H groups in total. The Morgan fingerprint density at radius 2 is 1.91 bits per heavy atom. The van der Waals surface area contributed by atoms with Crippen LogP contribution in [0.1, 0.15) is 13.8 Å². The number of rotatable bonds is 4. The summed E-state index contributed by atoms with van der Waals surface area (Å²) in [4.78, 5) is 14.2. The van der Waals surface area contributed by atoms with E-state index in [4.69, 9.17) is 9.47 Å². The zero-order valence-electron chi connectivity index (χ0n) is 12.7. The molecule has 0 aliphatic heterocycles. The molecule has 0 unspecified atom stereocenters. The fourth-order valence-corrected chi connectivity index (χ4v) is 3.19. The van der Waals surface area contributed by atoms with E-state index in [1.807, 2.05) is 50.2 Å². The molecule has 0 fully saturated rings. The summed E-state index contributed by atoms with van der Waals surface area (Å²) in [5, 5.41) is 0. The first-order valence-electron chi connectivity index (χ1n) is 7.05. The minimum atomic E-state index is -0.0502. The minimum Gasteiger partial charge on any atom is -0.496 e. The summed E-state index contributed by atoms with van der Waals surface area (Å²) < 4.78 is 12.3. The van der Waals surface area contributed by atoms with Gasteiger partial charge >= 0.3 is 4.87 Å². The number of methoxy groups -OCH3 is 1. The summed E-state index contributed by atoms with van der Waals surface area (Å²) in [5.74, 6) is 1.52. The molecule has 0 saturated heterocycles. The van der Waals surface area contributed by atoms with Crippen LogP contribution < -0.4 is 14.3 Å².